The molecule has 2 aromatic rings. The van der Waals surface area contributed by atoms with Gasteiger partial charge in [0.25, 0.3) is 0 Å². The van der Waals surface area contributed by atoms with E-state index in [2.05, 4.69) is 15.1 Å². The van der Waals surface area contributed by atoms with Gasteiger partial charge in [0.1, 0.15) is 11.3 Å². The van der Waals surface area contributed by atoms with Crippen molar-refractivity contribution >= 4 is 16.3 Å². The molecule has 0 aromatic carbocycles. The number of hydrogen-bond acceptors (Lipinski definition) is 5. The summed E-state index contributed by atoms with van der Waals surface area (Å²) in [5, 5.41) is 5.83. The second kappa shape index (κ2) is 2.78. The molecule has 0 aliphatic heterocycles. The van der Waals surface area contributed by atoms with Gasteiger partial charge in [0.15, 0.2) is 5.82 Å². The lowest BCUT2D eigenvalue weighted by atomic mass is 10.4. The molecular formula is C8H9N5S. The minimum atomic E-state index is 0.577. The van der Waals surface area contributed by atoms with E-state index in [1.165, 1.54) is 24.2 Å². The smallest absolute Gasteiger partial charge is 0.213 e. The van der Waals surface area contributed by atoms with E-state index in [-0.39, 0.29) is 0 Å². The summed E-state index contributed by atoms with van der Waals surface area (Å²) in [4.78, 5) is 8.37. The van der Waals surface area contributed by atoms with E-state index in [1.807, 2.05) is 0 Å². The van der Waals surface area contributed by atoms with Crippen LogP contribution in [0.2, 0.25) is 0 Å². The van der Waals surface area contributed by atoms with Crippen molar-refractivity contribution in [2.75, 3.05) is 5.73 Å². The van der Waals surface area contributed by atoms with Gasteiger partial charge < -0.3 is 5.73 Å². The molecule has 2 aromatic heterocycles. The molecule has 0 bridgehead atoms. The molecular weight excluding hydrogens is 198 g/mol. The van der Waals surface area contributed by atoms with Crippen LogP contribution in [0.5, 0.6) is 0 Å². The molecule has 0 saturated heterocycles. The first-order valence-corrected chi connectivity index (χ1v) is 5.28. The Morgan fingerprint density at radius 3 is 2.93 bits per heavy atom. The molecule has 1 aliphatic carbocycles. The Morgan fingerprint density at radius 2 is 2.29 bits per heavy atom. The summed E-state index contributed by atoms with van der Waals surface area (Å²) < 4.78 is 1.69. The highest BCUT2D eigenvalue weighted by atomic mass is 32.1. The van der Waals surface area contributed by atoms with Crippen molar-refractivity contribution in [3.63, 3.8) is 0 Å². The Kier molecular flexibility index (Phi) is 1.57. The van der Waals surface area contributed by atoms with E-state index in [1.54, 1.807) is 17.2 Å². The Hall–Kier alpha value is -1.43. The molecule has 0 amide bonds. The van der Waals surface area contributed by atoms with Crippen LogP contribution in [-0.4, -0.2) is 19.7 Å². The molecule has 3 rings (SSSR count). The number of aromatic nitrogens is 4. The normalized spacial score (nSPS) is 16.0. The van der Waals surface area contributed by atoms with Crippen LogP contribution in [-0.2, 0) is 0 Å². The van der Waals surface area contributed by atoms with Crippen LogP contribution in [0.1, 0.15) is 24.6 Å². The molecule has 0 unspecified atom stereocenters. The van der Waals surface area contributed by atoms with Crippen LogP contribution in [0.3, 0.4) is 0 Å². The summed E-state index contributed by atoms with van der Waals surface area (Å²) in [6.07, 6.45) is 5.76. The standard InChI is InChI=1S/C8H9N5S/c9-6-3-10-8(14-6)13-4-11-7(12-13)5-1-2-5/h3-5H,1-2,9H2. The third-order valence-electron chi connectivity index (χ3n) is 2.16. The Balaban J connectivity index is 1.95. The van der Waals surface area contributed by atoms with Crippen LogP contribution in [0, 0.1) is 0 Å². The number of nitrogens with two attached hydrogens (primary N) is 1. The number of nitrogens with zero attached hydrogens (tertiary/aromatic N) is 4. The molecule has 0 spiro atoms. The first kappa shape index (κ1) is 7.93. The van der Waals surface area contributed by atoms with Gasteiger partial charge in [-0.15, -0.1) is 5.10 Å². The topological polar surface area (TPSA) is 69.6 Å². The summed E-state index contributed by atoms with van der Waals surface area (Å²) in [6, 6.07) is 0. The molecule has 1 fully saturated rings. The zero-order valence-corrected chi connectivity index (χ0v) is 8.24. The highest BCUT2D eigenvalue weighted by molar-refractivity contribution is 7.17. The number of thiazole rings is 1. The average Bonchev–Trinajstić information content (AvgIpc) is 2.76. The largest absolute Gasteiger partial charge is 0.389 e. The van der Waals surface area contributed by atoms with Gasteiger partial charge in [0.05, 0.1) is 6.20 Å². The minimum Gasteiger partial charge on any atom is -0.389 e. The van der Waals surface area contributed by atoms with Crippen molar-refractivity contribution in [2.24, 2.45) is 0 Å². The third kappa shape index (κ3) is 1.27. The fourth-order valence-corrected chi connectivity index (χ4v) is 1.88. The minimum absolute atomic E-state index is 0.577. The van der Waals surface area contributed by atoms with Gasteiger partial charge in [-0.25, -0.2) is 9.97 Å². The quantitative estimate of drug-likeness (QED) is 0.802. The second-order valence-electron chi connectivity index (χ2n) is 3.37. The molecule has 2 heterocycles. The number of anilines is 1. The molecule has 1 saturated carbocycles. The SMILES string of the molecule is Nc1cnc(-n2cnc(C3CC3)n2)s1. The molecule has 1 aliphatic rings. The van der Waals surface area contributed by atoms with Gasteiger partial charge in [0, 0.05) is 5.92 Å². The van der Waals surface area contributed by atoms with E-state index in [0.29, 0.717) is 10.9 Å². The maximum Gasteiger partial charge on any atom is 0.213 e. The predicted octanol–water partition coefficient (Wildman–Crippen LogP) is 1.18. The Labute approximate surface area is 84.6 Å². The van der Waals surface area contributed by atoms with Crippen LogP contribution in [0.4, 0.5) is 5.00 Å². The summed E-state index contributed by atoms with van der Waals surface area (Å²) >= 11 is 1.41. The van der Waals surface area contributed by atoms with E-state index in [9.17, 15) is 0 Å². The van der Waals surface area contributed by atoms with Crippen molar-refractivity contribution in [1.82, 2.24) is 19.7 Å². The Morgan fingerprint density at radius 1 is 1.43 bits per heavy atom. The summed E-state index contributed by atoms with van der Waals surface area (Å²) in [5.74, 6) is 1.51. The summed E-state index contributed by atoms with van der Waals surface area (Å²) in [7, 11) is 0. The lowest BCUT2D eigenvalue weighted by Crippen LogP contribution is -1.94. The third-order valence-corrected chi connectivity index (χ3v) is 2.98. The molecule has 5 nitrogen and oxygen atoms in total. The van der Waals surface area contributed by atoms with Gasteiger partial charge in [0.2, 0.25) is 5.13 Å². The van der Waals surface area contributed by atoms with E-state index < -0.39 is 0 Å². The highest BCUT2D eigenvalue weighted by Gasteiger charge is 2.27. The lowest BCUT2D eigenvalue weighted by Gasteiger charge is -1.90. The van der Waals surface area contributed by atoms with Crippen LogP contribution in [0.15, 0.2) is 12.5 Å². The maximum atomic E-state index is 5.59. The zero-order valence-electron chi connectivity index (χ0n) is 7.42. The summed E-state index contributed by atoms with van der Waals surface area (Å²) in [6.45, 7) is 0. The van der Waals surface area contributed by atoms with Crippen LogP contribution in [0.25, 0.3) is 5.13 Å². The maximum absolute atomic E-state index is 5.59. The Bertz CT molecular complexity index is 456. The first-order valence-electron chi connectivity index (χ1n) is 4.46. The zero-order chi connectivity index (χ0) is 9.54. The lowest BCUT2D eigenvalue weighted by molar-refractivity contribution is 0.828. The van der Waals surface area contributed by atoms with Gasteiger partial charge in [-0.2, -0.15) is 4.68 Å². The van der Waals surface area contributed by atoms with Gasteiger partial charge >= 0.3 is 0 Å². The molecule has 2 N–H and O–H groups in total. The van der Waals surface area contributed by atoms with Gasteiger partial charge in [-0.1, -0.05) is 11.3 Å². The van der Waals surface area contributed by atoms with Crippen molar-refractivity contribution in [3.05, 3.63) is 18.3 Å². The molecule has 72 valence electrons. The van der Waals surface area contributed by atoms with Crippen molar-refractivity contribution in [2.45, 2.75) is 18.8 Å². The predicted molar refractivity (Wildman–Crippen MR) is 53.4 cm³/mol. The van der Waals surface area contributed by atoms with Gasteiger partial charge in [-0.3, -0.25) is 0 Å². The molecule has 6 heteroatoms. The number of nitrogen functional groups attached to an aromatic ring is 1. The fourth-order valence-electron chi connectivity index (χ4n) is 1.28. The van der Waals surface area contributed by atoms with Crippen molar-refractivity contribution in [1.29, 1.82) is 0 Å². The van der Waals surface area contributed by atoms with Crippen molar-refractivity contribution in [3.8, 4) is 5.13 Å². The van der Waals surface area contributed by atoms with E-state index in [0.717, 1.165) is 11.0 Å². The number of hydrogen-bond donors (Lipinski definition) is 1. The highest BCUT2D eigenvalue weighted by Crippen LogP contribution is 2.37. The van der Waals surface area contributed by atoms with Gasteiger partial charge in [-0.05, 0) is 12.8 Å². The summed E-state index contributed by atoms with van der Waals surface area (Å²) in [5.41, 5.74) is 5.59. The molecule has 0 radical (unpaired) electrons. The average molecular weight is 207 g/mol. The molecule has 14 heavy (non-hydrogen) atoms. The molecule has 0 atom stereocenters. The monoisotopic (exact) mass is 207 g/mol. The van der Waals surface area contributed by atoms with Crippen LogP contribution < -0.4 is 5.73 Å². The first-order chi connectivity index (χ1) is 6.83. The van der Waals surface area contributed by atoms with E-state index in [4.69, 9.17) is 5.73 Å². The van der Waals surface area contributed by atoms with E-state index >= 15 is 0 Å². The van der Waals surface area contributed by atoms with Crippen LogP contribution >= 0.6 is 11.3 Å². The van der Waals surface area contributed by atoms with Crippen molar-refractivity contribution < 1.29 is 0 Å². The second-order valence-corrected chi connectivity index (χ2v) is 4.41. The fraction of sp³-hybridized carbons (Fsp3) is 0.375. The number of rotatable bonds is 2.